The molecular weight excluding hydrogens is 362 g/mol. The first-order valence-corrected chi connectivity index (χ1v) is 8.94. The Morgan fingerprint density at radius 1 is 0.964 bits per heavy atom. The summed E-state index contributed by atoms with van der Waals surface area (Å²) in [7, 11) is 0. The van der Waals surface area contributed by atoms with Crippen LogP contribution in [0.2, 0.25) is 0 Å². The van der Waals surface area contributed by atoms with Gasteiger partial charge in [0, 0.05) is 12.3 Å². The SMILES string of the molecule is N[C@@](CCCC(=O)O)(C(=O)O)C(=O)OCC1c2ccccc2-c2ccccc21. The molecule has 146 valence electrons. The van der Waals surface area contributed by atoms with Gasteiger partial charge in [0.1, 0.15) is 6.61 Å². The molecule has 7 nitrogen and oxygen atoms in total. The molecule has 0 radical (unpaired) electrons. The molecule has 0 heterocycles. The van der Waals surface area contributed by atoms with E-state index in [1.54, 1.807) is 0 Å². The molecule has 7 heteroatoms. The Labute approximate surface area is 161 Å². The zero-order valence-electron chi connectivity index (χ0n) is 15.1. The number of carbonyl (C=O) groups is 3. The van der Waals surface area contributed by atoms with Crippen molar-refractivity contribution >= 4 is 17.9 Å². The van der Waals surface area contributed by atoms with E-state index < -0.39 is 23.4 Å². The molecule has 28 heavy (non-hydrogen) atoms. The zero-order chi connectivity index (χ0) is 20.3. The maximum absolute atomic E-state index is 12.5. The van der Waals surface area contributed by atoms with Crippen molar-refractivity contribution in [2.75, 3.05) is 6.61 Å². The van der Waals surface area contributed by atoms with E-state index in [9.17, 15) is 19.5 Å². The maximum atomic E-state index is 12.5. The van der Waals surface area contributed by atoms with E-state index >= 15 is 0 Å². The molecule has 4 N–H and O–H groups in total. The third-order valence-corrected chi connectivity index (χ3v) is 5.05. The number of rotatable bonds is 8. The number of hydrogen-bond acceptors (Lipinski definition) is 5. The number of benzene rings is 2. The Kier molecular flexibility index (Phi) is 5.46. The maximum Gasteiger partial charge on any atom is 0.337 e. The van der Waals surface area contributed by atoms with Gasteiger partial charge in [0.05, 0.1) is 0 Å². The number of nitrogens with two attached hydrogens (primary N) is 1. The molecule has 0 saturated heterocycles. The second-order valence-electron chi connectivity index (χ2n) is 6.85. The van der Waals surface area contributed by atoms with Crippen LogP contribution < -0.4 is 5.73 Å². The molecule has 0 amide bonds. The summed E-state index contributed by atoms with van der Waals surface area (Å²) in [4.78, 5) is 34.7. The van der Waals surface area contributed by atoms with Crippen LogP contribution in [0.1, 0.15) is 36.3 Å². The van der Waals surface area contributed by atoms with E-state index in [-0.39, 0.29) is 31.8 Å². The second-order valence-corrected chi connectivity index (χ2v) is 6.85. The van der Waals surface area contributed by atoms with Gasteiger partial charge in [0.25, 0.3) is 0 Å². The zero-order valence-corrected chi connectivity index (χ0v) is 15.1. The molecule has 0 bridgehead atoms. The van der Waals surface area contributed by atoms with Crippen LogP contribution >= 0.6 is 0 Å². The lowest BCUT2D eigenvalue weighted by Crippen LogP contribution is -2.56. The van der Waals surface area contributed by atoms with Crippen LogP contribution in [0.25, 0.3) is 11.1 Å². The topological polar surface area (TPSA) is 127 Å². The Bertz CT molecular complexity index is 879. The van der Waals surface area contributed by atoms with Gasteiger partial charge in [-0.1, -0.05) is 48.5 Å². The summed E-state index contributed by atoms with van der Waals surface area (Å²) in [6.45, 7) is -0.0436. The quantitative estimate of drug-likeness (QED) is 0.472. The summed E-state index contributed by atoms with van der Waals surface area (Å²) in [6.07, 6.45) is -0.628. The summed E-state index contributed by atoms with van der Waals surface area (Å²) in [5.41, 5.74) is 7.61. The predicted octanol–water partition coefficient (Wildman–Crippen LogP) is 2.38. The molecule has 0 unspecified atom stereocenters. The van der Waals surface area contributed by atoms with Crippen molar-refractivity contribution < 1.29 is 29.3 Å². The standard InChI is InChI=1S/C21H21NO6/c22-21(19(25)26,11-5-10-18(23)24)20(27)28-12-17-15-8-3-1-6-13(15)14-7-2-4-9-16(14)17/h1-4,6-9,17H,5,10-12,22H2,(H,23,24)(H,25,26)/t21-/m0/s1. The molecule has 0 fully saturated rings. The van der Waals surface area contributed by atoms with Crippen molar-refractivity contribution in [3.05, 3.63) is 59.7 Å². The Hall–Kier alpha value is -3.19. The first kappa shape index (κ1) is 19.6. The molecule has 0 saturated carbocycles. The van der Waals surface area contributed by atoms with Gasteiger partial charge in [-0.15, -0.1) is 0 Å². The van der Waals surface area contributed by atoms with E-state index in [0.717, 1.165) is 22.3 Å². The number of carboxylic acid groups (broad SMARTS) is 2. The number of fused-ring (bicyclic) bond motifs is 3. The third kappa shape index (κ3) is 3.61. The molecule has 1 aliphatic rings. The highest BCUT2D eigenvalue weighted by atomic mass is 16.5. The average molecular weight is 383 g/mol. The van der Waals surface area contributed by atoms with Crippen LogP contribution in [0.5, 0.6) is 0 Å². The summed E-state index contributed by atoms with van der Waals surface area (Å²) in [5.74, 6) is -3.89. The predicted molar refractivity (Wildman–Crippen MR) is 101 cm³/mol. The lowest BCUT2D eigenvalue weighted by Gasteiger charge is -2.24. The molecule has 0 spiro atoms. The molecule has 0 aromatic heterocycles. The first-order chi connectivity index (χ1) is 13.3. The van der Waals surface area contributed by atoms with E-state index in [1.807, 2.05) is 48.5 Å². The number of ether oxygens (including phenoxy) is 1. The van der Waals surface area contributed by atoms with Gasteiger partial charge in [-0.3, -0.25) is 4.79 Å². The van der Waals surface area contributed by atoms with Crippen LogP contribution in [0.4, 0.5) is 0 Å². The van der Waals surface area contributed by atoms with Crippen molar-refractivity contribution in [1.82, 2.24) is 0 Å². The molecule has 1 aliphatic carbocycles. The summed E-state index contributed by atoms with van der Waals surface area (Å²) >= 11 is 0. The van der Waals surface area contributed by atoms with Gasteiger partial charge in [-0.05, 0) is 35.1 Å². The number of aliphatic carboxylic acids is 2. The molecule has 0 aliphatic heterocycles. The van der Waals surface area contributed by atoms with Crippen molar-refractivity contribution in [3.63, 3.8) is 0 Å². The normalized spacial score (nSPS) is 14.6. The van der Waals surface area contributed by atoms with E-state index in [0.29, 0.717) is 0 Å². The van der Waals surface area contributed by atoms with Gasteiger partial charge in [-0.25, -0.2) is 9.59 Å². The molecule has 1 atom stereocenters. The molecule has 2 aromatic carbocycles. The van der Waals surface area contributed by atoms with E-state index in [4.69, 9.17) is 15.6 Å². The Morgan fingerprint density at radius 2 is 1.50 bits per heavy atom. The number of carbonyl (C=O) groups excluding carboxylic acids is 1. The van der Waals surface area contributed by atoms with Crippen LogP contribution in [0.15, 0.2) is 48.5 Å². The van der Waals surface area contributed by atoms with Crippen molar-refractivity contribution in [2.24, 2.45) is 5.73 Å². The van der Waals surface area contributed by atoms with Gasteiger partial charge in [0.15, 0.2) is 0 Å². The smallest absolute Gasteiger partial charge is 0.337 e. The minimum Gasteiger partial charge on any atom is -0.481 e. The van der Waals surface area contributed by atoms with Gasteiger partial charge >= 0.3 is 17.9 Å². The highest BCUT2D eigenvalue weighted by Crippen LogP contribution is 2.44. The fraction of sp³-hybridized carbons (Fsp3) is 0.286. The Balaban J connectivity index is 1.76. The highest BCUT2D eigenvalue weighted by Gasteiger charge is 2.44. The van der Waals surface area contributed by atoms with Gasteiger partial charge < -0.3 is 20.7 Å². The van der Waals surface area contributed by atoms with Crippen LogP contribution in [-0.2, 0) is 19.1 Å². The largest absolute Gasteiger partial charge is 0.481 e. The molecular formula is C21H21NO6. The highest BCUT2D eigenvalue weighted by molar-refractivity contribution is 6.03. The van der Waals surface area contributed by atoms with Crippen LogP contribution in [0.3, 0.4) is 0 Å². The van der Waals surface area contributed by atoms with Gasteiger partial charge in [0.2, 0.25) is 5.54 Å². The number of hydrogen-bond donors (Lipinski definition) is 3. The van der Waals surface area contributed by atoms with Crippen molar-refractivity contribution in [1.29, 1.82) is 0 Å². The lowest BCUT2D eigenvalue weighted by molar-refractivity contribution is -0.162. The van der Waals surface area contributed by atoms with Crippen LogP contribution in [0, 0.1) is 0 Å². The molecule has 3 rings (SSSR count). The summed E-state index contributed by atoms with van der Waals surface area (Å²) in [5, 5.41) is 18.1. The monoisotopic (exact) mass is 383 g/mol. The van der Waals surface area contributed by atoms with Crippen LogP contribution in [-0.4, -0.2) is 40.3 Å². The number of carboxylic acids is 2. The third-order valence-electron chi connectivity index (χ3n) is 5.05. The van der Waals surface area contributed by atoms with E-state index in [2.05, 4.69) is 0 Å². The fourth-order valence-corrected chi connectivity index (χ4v) is 3.54. The first-order valence-electron chi connectivity index (χ1n) is 8.94. The summed E-state index contributed by atoms with van der Waals surface area (Å²) < 4.78 is 5.33. The summed E-state index contributed by atoms with van der Waals surface area (Å²) in [6, 6.07) is 15.6. The minimum atomic E-state index is -2.27. The average Bonchev–Trinajstić information content (AvgIpc) is 2.99. The second kappa shape index (κ2) is 7.82. The minimum absolute atomic E-state index is 0.0394. The Morgan fingerprint density at radius 3 is 2.00 bits per heavy atom. The lowest BCUT2D eigenvalue weighted by atomic mass is 9.93. The van der Waals surface area contributed by atoms with Gasteiger partial charge in [-0.2, -0.15) is 0 Å². The van der Waals surface area contributed by atoms with E-state index in [1.165, 1.54) is 0 Å². The molecule has 2 aromatic rings. The van der Waals surface area contributed by atoms with Crippen molar-refractivity contribution in [2.45, 2.75) is 30.7 Å². The number of esters is 1. The fourth-order valence-electron chi connectivity index (χ4n) is 3.54. The van der Waals surface area contributed by atoms with Crippen molar-refractivity contribution in [3.8, 4) is 11.1 Å².